The Morgan fingerprint density at radius 2 is 1.58 bits per heavy atom. The average molecular weight is 437 g/mol. The minimum Gasteiger partial charge on any atom is -0.361 e. The van der Waals surface area contributed by atoms with Crippen LogP contribution in [0.25, 0.3) is 0 Å². The van der Waals surface area contributed by atoms with Crippen molar-refractivity contribution in [2.75, 3.05) is 0 Å². The second kappa shape index (κ2) is 8.11. The summed E-state index contributed by atoms with van der Waals surface area (Å²) in [6, 6.07) is 1.97. The highest BCUT2D eigenvalue weighted by Gasteiger charge is 2.25. The standard InChI is InChI=1S/C10H15NO12S3/c1-6(11)10(23-26(18,19)20)7-2-3-9(22-25(15,16)17)8(4-7)5-21-24(12,13)14/h2-4,6,10H,5,11H2,1H3,(H,12,13,14)(H,15,16,17)(H,18,19,20). The predicted molar refractivity (Wildman–Crippen MR) is 84.0 cm³/mol. The molecule has 0 aromatic heterocycles. The van der Waals surface area contributed by atoms with Gasteiger partial charge in [0.15, 0.2) is 5.75 Å². The van der Waals surface area contributed by atoms with Crippen LogP contribution in [-0.4, -0.2) is 45.0 Å². The van der Waals surface area contributed by atoms with Crippen LogP contribution >= 0.6 is 0 Å². The molecular weight excluding hydrogens is 422 g/mol. The first kappa shape index (κ1) is 22.7. The Labute approximate surface area is 149 Å². The molecule has 0 bridgehead atoms. The van der Waals surface area contributed by atoms with E-state index in [-0.39, 0.29) is 11.1 Å². The van der Waals surface area contributed by atoms with Gasteiger partial charge in [0.1, 0.15) is 6.10 Å². The molecule has 26 heavy (non-hydrogen) atoms. The van der Waals surface area contributed by atoms with E-state index in [0.29, 0.717) is 0 Å². The summed E-state index contributed by atoms with van der Waals surface area (Å²) in [7, 11) is -14.8. The van der Waals surface area contributed by atoms with Crippen LogP contribution in [0.15, 0.2) is 18.2 Å². The van der Waals surface area contributed by atoms with E-state index in [4.69, 9.17) is 19.4 Å². The first-order valence-electron chi connectivity index (χ1n) is 6.40. The Balaban J connectivity index is 3.38. The highest BCUT2D eigenvalue weighted by Crippen LogP contribution is 2.29. The molecule has 2 unspecified atom stereocenters. The van der Waals surface area contributed by atoms with Gasteiger partial charge in [-0.1, -0.05) is 6.07 Å². The first-order chi connectivity index (χ1) is 11.6. The lowest BCUT2D eigenvalue weighted by Gasteiger charge is -2.21. The normalized spacial score (nSPS) is 15.4. The highest BCUT2D eigenvalue weighted by atomic mass is 32.3. The van der Waals surface area contributed by atoms with Crippen LogP contribution in [-0.2, 0) is 46.2 Å². The molecule has 1 aromatic rings. The fraction of sp³-hybridized carbons (Fsp3) is 0.400. The summed E-state index contributed by atoms with van der Waals surface area (Å²) >= 11 is 0. The van der Waals surface area contributed by atoms with E-state index < -0.39 is 55.7 Å². The minimum absolute atomic E-state index is 0.0470. The van der Waals surface area contributed by atoms with Crippen molar-refractivity contribution in [1.29, 1.82) is 0 Å². The van der Waals surface area contributed by atoms with Crippen molar-refractivity contribution in [3.05, 3.63) is 29.3 Å². The van der Waals surface area contributed by atoms with E-state index in [1.165, 1.54) is 6.92 Å². The van der Waals surface area contributed by atoms with Crippen LogP contribution in [0.4, 0.5) is 0 Å². The Kier molecular flexibility index (Phi) is 7.07. The molecule has 1 rings (SSSR count). The molecule has 0 aliphatic carbocycles. The monoisotopic (exact) mass is 437 g/mol. The molecular formula is C10H15NO12S3. The molecule has 0 saturated carbocycles. The lowest BCUT2D eigenvalue weighted by molar-refractivity contribution is 0.162. The summed E-state index contributed by atoms with van der Waals surface area (Å²) in [6.45, 7) is 0.377. The molecule has 2 atom stereocenters. The van der Waals surface area contributed by atoms with Crippen LogP contribution in [0.1, 0.15) is 24.2 Å². The molecule has 0 radical (unpaired) electrons. The maximum absolute atomic E-state index is 10.9. The van der Waals surface area contributed by atoms with Gasteiger partial charge in [0.2, 0.25) is 0 Å². The summed E-state index contributed by atoms with van der Waals surface area (Å²) < 4.78 is 104. The van der Waals surface area contributed by atoms with Gasteiger partial charge in [0, 0.05) is 11.6 Å². The summed E-state index contributed by atoms with van der Waals surface area (Å²) in [6.07, 6.45) is -1.45. The molecule has 150 valence electrons. The SMILES string of the molecule is CC(N)C(OS(=O)(=O)O)c1ccc(OS(=O)(=O)O)c(COS(=O)(=O)O)c1. The molecule has 0 fully saturated rings. The number of rotatable bonds is 9. The molecule has 0 saturated heterocycles. The second-order valence-corrected chi connectivity index (χ2v) is 8.03. The Hall–Kier alpha value is -1.37. The minimum atomic E-state index is -4.99. The Morgan fingerprint density at radius 3 is 2.00 bits per heavy atom. The van der Waals surface area contributed by atoms with Crippen LogP contribution < -0.4 is 9.92 Å². The molecule has 0 heterocycles. The van der Waals surface area contributed by atoms with Gasteiger partial charge in [0.05, 0.1) is 6.61 Å². The zero-order valence-corrected chi connectivity index (χ0v) is 15.4. The molecule has 0 aliphatic rings. The van der Waals surface area contributed by atoms with Crippen molar-refractivity contribution < 1.29 is 51.5 Å². The summed E-state index contributed by atoms with van der Waals surface area (Å²) in [5.41, 5.74) is 5.18. The lowest BCUT2D eigenvalue weighted by Crippen LogP contribution is -2.29. The maximum atomic E-state index is 10.9. The molecule has 16 heteroatoms. The quantitative estimate of drug-likeness (QED) is 0.355. The van der Waals surface area contributed by atoms with E-state index in [0.717, 1.165) is 18.2 Å². The Morgan fingerprint density at radius 1 is 1.00 bits per heavy atom. The van der Waals surface area contributed by atoms with Gasteiger partial charge in [-0.3, -0.25) is 13.7 Å². The third-order valence-corrected chi connectivity index (χ3v) is 3.93. The third-order valence-electron chi connectivity index (χ3n) is 2.67. The molecule has 5 N–H and O–H groups in total. The predicted octanol–water partition coefficient (Wildman–Crippen LogP) is -0.605. The van der Waals surface area contributed by atoms with Gasteiger partial charge in [0.25, 0.3) is 0 Å². The van der Waals surface area contributed by atoms with Gasteiger partial charge < -0.3 is 9.92 Å². The van der Waals surface area contributed by atoms with Crippen LogP contribution in [0.2, 0.25) is 0 Å². The molecule has 0 aliphatic heterocycles. The summed E-state index contributed by atoms with van der Waals surface area (Å²) in [4.78, 5) is 0. The van der Waals surface area contributed by atoms with Crippen molar-refractivity contribution in [1.82, 2.24) is 0 Å². The van der Waals surface area contributed by atoms with Crippen molar-refractivity contribution >= 4 is 31.2 Å². The summed E-state index contributed by atoms with van der Waals surface area (Å²) in [5.74, 6) is -0.588. The van der Waals surface area contributed by atoms with E-state index in [1.54, 1.807) is 0 Å². The van der Waals surface area contributed by atoms with E-state index in [1.807, 2.05) is 0 Å². The zero-order valence-electron chi connectivity index (χ0n) is 12.9. The van der Waals surface area contributed by atoms with Gasteiger partial charge in [-0.2, -0.15) is 25.3 Å². The smallest absolute Gasteiger partial charge is 0.361 e. The van der Waals surface area contributed by atoms with Crippen molar-refractivity contribution in [3.8, 4) is 5.75 Å². The van der Waals surface area contributed by atoms with E-state index in [2.05, 4.69) is 12.5 Å². The average Bonchev–Trinajstić information content (AvgIpc) is 2.40. The zero-order chi connectivity index (χ0) is 20.3. The van der Waals surface area contributed by atoms with Crippen LogP contribution in [0.3, 0.4) is 0 Å². The van der Waals surface area contributed by atoms with Crippen molar-refractivity contribution in [3.63, 3.8) is 0 Å². The molecule has 0 amide bonds. The fourth-order valence-electron chi connectivity index (χ4n) is 1.80. The number of benzene rings is 1. The number of nitrogens with two attached hydrogens (primary N) is 1. The van der Waals surface area contributed by atoms with Gasteiger partial charge in [-0.05, 0) is 24.6 Å². The van der Waals surface area contributed by atoms with Crippen molar-refractivity contribution in [2.24, 2.45) is 5.73 Å². The van der Waals surface area contributed by atoms with Gasteiger partial charge in [-0.15, -0.1) is 0 Å². The Bertz CT molecular complexity index is 951. The topological polar surface area (TPSA) is 217 Å². The number of hydrogen-bond acceptors (Lipinski definition) is 10. The molecule has 13 nitrogen and oxygen atoms in total. The first-order valence-corrected chi connectivity index (χ1v) is 10.5. The maximum Gasteiger partial charge on any atom is 0.446 e. The fourth-order valence-corrected chi connectivity index (χ4v) is 3.01. The van der Waals surface area contributed by atoms with Gasteiger partial charge >= 0.3 is 31.2 Å². The largest absolute Gasteiger partial charge is 0.446 e. The summed E-state index contributed by atoms with van der Waals surface area (Å²) in [5, 5.41) is 0. The molecule has 1 aromatic carbocycles. The van der Waals surface area contributed by atoms with Crippen molar-refractivity contribution in [2.45, 2.75) is 25.7 Å². The van der Waals surface area contributed by atoms with Gasteiger partial charge in [-0.25, -0.2) is 8.37 Å². The third kappa shape index (κ3) is 8.34. The lowest BCUT2D eigenvalue weighted by atomic mass is 10.0. The van der Waals surface area contributed by atoms with E-state index >= 15 is 0 Å². The van der Waals surface area contributed by atoms with Crippen LogP contribution in [0, 0.1) is 0 Å². The van der Waals surface area contributed by atoms with E-state index in [9.17, 15) is 25.3 Å². The number of hydrogen-bond donors (Lipinski definition) is 4. The molecule has 0 spiro atoms. The second-order valence-electron chi connectivity index (χ2n) is 4.87. The van der Waals surface area contributed by atoms with Crippen LogP contribution in [0.5, 0.6) is 5.75 Å². The highest BCUT2D eigenvalue weighted by molar-refractivity contribution is 7.81.